The molecule has 0 radical (unpaired) electrons. The lowest BCUT2D eigenvalue weighted by Gasteiger charge is -2.36. The topological polar surface area (TPSA) is 24.5 Å². The number of alkyl halides is 2. The molecule has 0 bridgehead atoms. The van der Waals surface area contributed by atoms with Gasteiger partial charge in [-0.15, -0.1) is 24.8 Å². The van der Waals surface area contributed by atoms with Crippen molar-refractivity contribution in [3.63, 3.8) is 0 Å². The van der Waals surface area contributed by atoms with E-state index in [0.29, 0.717) is 12.0 Å². The first-order valence-electron chi connectivity index (χ1n) is 7.56. The Morgan fingerprint density at radius 2 is 1.65 bits per heavy atom. The molecule has 0 unspecified atom stereocenters. The van der Waals surface area contributed by atoms with Crippen LogP contribution >= 0.6 is 24.8 Å². The summed E-state index contributed by atoms with van der Waals surface area (Å²) in [4.78, 5) is 2.47. The van der Waals surface area contributed by atoms with Crippen molar-refractivity contribution in [2.24, 2.45) is 5.92 Å². The molecule has 1 heterocycles. The Labute approximate surface area is 149 Å². The van der Waals surface area contributed by atoms with Crippen molar-refractivity contribution >= 4 is 24.8 Å². The molecule has 0 aliphatic carbocycles. The van der Waals surface area contributed by atoms with Crippen LogP contribution in [0, 0.1) is 5.92 Å². The molecule has 1 aliphatic heterocycles. The normalized spacial score (nSPS) is 16.6. The second kappa shape index (κ2) is 11.0. The first kappa shape index (κ1) is 22.4. The van der Waals surface area contributed by atoms with E-state index in [2.05, 4.69) is 28.8 Å². The summed E-state index contributed by atoms with van der Waals surface area (Å²) in [6, 6.07) is 7.43. The van der Waals surface area contributed by atoms with Crippen LogP contribution in [0.2, 0.25) is 0 Å². The molecule has 0 spiro atoms. The first-order chi connectivity index (χ1) is 10.1. The molecular weight excluding hydrogens is 345 g/mol. The van der Waals surface area contributed by atoms with Crippen LogP contribution in [0.5, 0.6) is 5.75 Å². The van der Waals surface area contributed by atoms with Crippen molar-refractivity contribution < 1.29 is 13.5 Å². The summed E-state index contributed by atoms with van der Waals surface area (Å²) < 4.78 is 28.8. The molecule has 1 aromatic carbocycles. The van der Waals surface area contributed by atoms with Crippen LogP contribution in [0.15, 0.2) is 24.3 Å². The Hall–Kier alpha value is -0.620. The van der Waals surface area contributed by atoms with Crippen LogP contribution in [-0.2, 0) is 0 Å². The monoisotopic (exact) mass is 370 g/mol. The van der Waals surface area contributed by atoms with Crippen LogP contribution in [-0.4, -0.2) is 37.7 Å². The Balaban J connectivity index is 0.00000242. The predicted molar refractivity (Wildman–Crippen MR) is 94.2 cm³/mol. The number of nitrogens with zero attached hydrogens (tertiary/aromatic N) is 1. The summed E-state index contributed by atoms with van der Waals surface area (Å²) >= 11 is 0. The van der Waals surface area contributed by atoms with E-state index in [-0.39, 0.29) is 30.6 Å². The summed E-state index contributed by atoms with van der Waals surface area (Å²) in [5.41, 5.74) is 1.17. The van der Waals surface area contributed by atoms with Gasteiger partial charge in [0, 0.05) is 32.2 Å². The van der Waals surface area contributed by atoms with Gasteiger partial charge in [-0.05, 0) is 30.0 Å². The smallest absolute Gasteiger partial charge is 0.387 e. The Morgan fingerprint density at radius 1 is 1.09 bits per heavy atom. The lowest BCUT2D eigenvalue weighted by Crippen LogP contribution is -2.45. The second-order valence-corrected chi connectivity index (χ2v) is 5.88. The molecule has 1 aliphatic rings. The van der Waals surface area contributed by atoms with Crippen molar-refractivity contribution in [3.8, 4) is 5.75 Å². The Kier molecular flexibility index (Phi) is 10.7. The van der Waals surface area contributed by atoms with Crippen LogP contribution in [0.3, 0.4) is 0 Å². The quantitative estimate of drug-likeness (QED) is 0.814. The van der Waals surface area contributed by atoms with Crippen molar-refractivity contribution in [2.45, 2.75) is 32.9 Å². The third-order valence-corrected chi connectivity index (χ3v) is 3.78. The number of rotatable bonds is 6. The van der Waals surface area contributed by atoms with E-state index < -0.39 is 6.61 Å². The second-order valence-electron chi connectivity index (χ2n) is 5.88. The largest absolute Gasteiger partial charge is 0.435 e. The van der Waals surface area contributed by atoms with Crippen molar-refractivity contribution in [3.05, 3.63) is 29.8 Å². The molecule has 1 saturated heterocycles. The first-order valence-corrected chi connectivity index (χ1v) is 7.56. The number of piperazine rings is 1. The highest BCUT2D eigenvalue weighted by Gasteiger charge is 2.23. The van der Waals surface area contributed by atoms with Crippen LogP contribution in [0.1, 0.15) is 31.9 Å². The molecule has 7 heteroatoms. The van der Waals surface area contributed by atoms with E-state index in [9.17, 15) is 8.78 Å². The van der Waals surface area contributed by atoms with E-state index >= 15 is 0 Å². The van der Waals surface area contributed by atoms with Crippen LogP contribution in [0.25, 0.3) is 0 Å². The lowest BCUT2D eigenvalue weighted by molar-refractivity contribution is -0.0498. The Morgan fingerprint density at radius 3 is 2.13 bits per heavy atom. The minimum atomic E-state index is -2.77. The summed E-state index contributed by atoms with van der Waals surface area (Å²) in [6.07, 6.45) is 1.06. The Bertz CT molecular complexity index is 427. The van der Waals surface area contributed by atoms with Gasteiger partial charge in [0.15, 0.2) is 0 Å². The molecule has 1 N–H and O–H groups in total. The SMILES string of the molecule is CC(C)C[C@@H](c1ccc(OC(F)F)cc1)N1CCNCC1.Cl.Cl. The average Bonchev–Trinajstić information content (AvgIpc) is 2.46. The summed E-state index contributed by atoms with van der Waals surface area (Å²) in [5.74, 6) is 0.805. The standard InChI is InChI=1S/C16H24F2N2O.2ClH/c1-12(2)11-15(20-9-7-19-8-10-20)13-3-5-14(6-4-13)21-16(17)18;;/h3-6,12,15-16,19H,7-11H2,1-2H3;2*1H/t15-;;/m0../s1. The van der Waals surface area contributed by atoms with Crippen molar-refractivity contribution in [2.75, 3.05) is 26.2 Å². The van der Waals surface area contributed by atoms with Gasteiger partial charge >= 0.3 is 6.61 Å². The van der Waals surface area contributed by atoms with Gasteiger partial charge in [0.1, 0.15) is 5.75 Å². The van der Waals surface area contributed by atoms with Gasteiger partial charge in [-0.25, -0.2) is 0 Å². The maximum Gasteiger partial charge on any atom is 0.387 e. The predicted octanol–water partition coefficient (Wildman–Crippen LogP) is 4.12. The highest BCUT2D eigenvalue weighted by molar-refractivity contribution is 5.85. The average molecular weight is 371 g/mol. The molecule has 23 heavy (non-hydrogen) atoms. The highest BCUT2D eigenvalue weighted by Crippen LogP contribution is 2.29. The highest BCUT2D eigenvalue weighted by atomic mass is 35.5. The number of hydrogen-bond acceptors (Lipinski definition) is 3. The van der Waals surface area contributed by atoms with Gasteiger partial charge < -0.3 is 10.1 Å². The van der Waals surface area contributed by atoms with E-state index in [4.69, 9.17) is 0 Å². The molecule has 0 amide bonds. The summed E-state index contributed by atoms with van der Waals surface area (Å²) in [5, 5.41) is 3.36. The number of nitrogens with one attached hydrogen (secondary N) is 1. The van der Waals surface area contributed by atoms with Gasteiger partial charge in [0.25, 0.3) is 0 Å². The van der Waals surface area contributed by atoms with Gasteiger partial charge in [0.05, 0.1) is 0 Å². The van der Waals surface area contributed by atoms with Gasteiger partial charge in [-0.3, -0.25) is 4.90 Å². The molecule has 0 saturated carbocycles. The van der Waals surface area contributed by atoms with E-state index in [1.54, 1.807) is 12.1 Å². The van der Waals surface area contributed by atoms with Crippen LogP contribution < -0.4 is 10.1 Å². The van der Waals surface area contributed by atoms with Crippen molar-refractivity contribution in [1.29, 1.82) is 0 Å². The zero-order valence-corrected chi connectivity index (χ0v) is 15.1. The zero-order valence-electron chi connectivity index (χ0n) is 13.5. The molecule has 0 aromatic heterocycles. The fourth-order valence-corrected chi connectivity index (χ4v) is 2.81. The molecule has 134 valence electrons. The number of halogens is 4. The maximum absolute atomic E-state index is 12.2. The molecule has 1 fully saturated rings. The molecular formula is C16H26Cl2F2N2O. The molecule has 1 aromatic rings. The number of ether oxygens (including phenoxy) is 1. The van der Waals surface area contributed by atoms with Crippen molar-refractivity contribution in [1.82, 2.24) is 10.2 Å². The van der Waals surface area contributed by atoms with Gasteiger partial charge in [-0.1, -0.05) is 26.0 Å². The maximum atomic E-state index is 12.2. The fourth-order valence-electron chi connectivity index (χ4n) is 2.81. The van der Waals surface area contributed by atoms with Gasteiger partial charge in [-0.2, -0.15) is 8.78 Å². The molecule has 3 nitrogen and oxygen atoms in total. The van der Waals surface area contributed by atoms with E-state index in [0.717, 1.165) is 32.6 Å². The molecule has 2 rings (SSSR count). The minimum absolute atomic E-state index is 0. The van der Waals surface area contributed by atoms with Crippen LogP contribution in [0.4, 0.5) is 8.78 Å². The van der Waals surface area contributed by atoms with E-state index in [1.165, 1.54) is 5.56 Å². The summed E-state index contributed by atoms with van der Waals surface area (Å²) in [6.45, 7) is 5.70. The third kappa shape index (κ3) is 7.21. The lowest BCUT2D eigenvalue weighted by atomic mass is 9.95. The molecule has 1 atom stereocenters. The summed E-state index contributed by atoms with van der Waals surface area (Å²) in [7, 11) is 0. The zero-order chi connectivity index (χ0) is 15.2. The van der Waals surface area contributed by atoms with Gasteiger partial charge in [0.2, 0.25) is 0 Å². The third-order valence-electron chi connectivity index (χ3n) is 3.78. The number of hydrogen-bond donors (Lipinski definition) is 1. The fraction of sp³-hybridized carbons (Fsp3) is 0.625. The number of benzene rings is 1. The van der Waals surface area contributed by atoms with E-state index in [1.807, 2.05) is 12.1 Å². The minimum Gasteiger partial charge on any atom is -0.435 e.